The predicted molar refractivity (Wildman–Crippen MR) is 59.2 cm³/mol. The molecule has 6 heteroatoms. The summed E-state index contributed by atoms with van der Waals surface area (Å²) in [7, 11) is 1.57. The SMILES string of the molecule is CNC(=O)c1ccc(-n2cncn2)c(N)c1. The van der Waals surface area contributed by atoms with E-state index in [1.807, 2.05) is 0 Å². The number of rotatable bonds is 2. The first-order chi connectivity index (χ1) is 7.72. The lowest BCUT2D eigenvalue weighted by Gasteiger charge is -2.06. The highest BCUT2D eigenvalue weighted by Crippen LogP contribution is 2.17. The van der Waals surface area contributed by atoms with Crippen LogP contribution in [0.25, 0.3) is 5.69 Å². The lowest BCUT2D eigenvalue weighted by atomic mass is 10.1. The average Bonchev–Trinajstić information content (AvgIpc) is 2.81. The molecule has 2 aromatic rings. The number of carbonyl (C=O) groups excluding carboxylic acids is 1. The Morgan fingerprint density at radius 3 is 2.88 bits per heavy atom. The largest absolute Gasteiger partial charge is 0.397 e. The van der Waals surface area contributed by atoms with Crippen LogP contribution >= 0.6 is 0 Å². The van der Waals surface area contributed by atoms with Crippen LogP contribution in [0.4, 0.5) is 5.69 Å². The van der Waals surface area contributed by atoms with E-state index in [-0.39, 0.29) is 5.91 Å². The van der Waals surface area contributed by atoms with Crippen LogP contribution in [-0.4, -0.2) is 27.7 Å². The monoisotopic (exact) mass is 217 g/mol. The number of nitrogen functional groups attached to an aromatic ring is 1. The number of nitrogens with one attached hydrogen (secondary N) is 1. The van der Waals surface area contributed by atoms with Crippen LogP contribution in [0.1, 0.15) is 10.4 Å². The van der Waals surface area contributed by atoms with Crippen LogP contribution in [0.15, 0.2) is 30.9 Å². The molecule has 0 radical (unpaired) electrons. The molecule has 1 aromatic heterocycles. The van der Waals surface area contributed by atoms with Gasteiger partial charge >= 0.3 is 0 Å². The summed E-state index contributed by atoms with van der Waals surface area (Å²) >= 11 is 0. The van der Waals surface area contributed by atoms with Crippen molar-refractivity contribution in [3.8, 4) is 5.69 Å². The average molecular weight is 217 g/mol. The third-order valence-corrected chi connectivity index (χ3v) is 2.18. The van der Waals surface area contributed by atoms with Crippen molar-refractivity contribution in [2.75, 3.05) is 12.8 Å². The Hall–Kier alpha value is -2.37. The Labute approximate surface area is 92.1 Å². The van der Waals surface area contributed by atoms with Gasteiger partial charge in [-0.05, 0) is 18.2 Å². The second kappa shape index (κ2) is 4.01. The molecule has 0 aliphatic carbocycles. The van der Waals surface area contributed by atoms with E-state index in [4.69, 9.17) is 5.73 Å². The molecule has 2 rings (SSSR count). The van der Waals surface area contributed by atoms with Crippen molar-refractivity contribution in [1.29, 1.82) is 0 Å². The molecule has 3 N–H and O–H groups in total. The zero-order chi connectivity index (χ0) is 11.5. The molecular weight excluding hydrogens is 206 g/mol. The van der Waals surface area contributed by atoms with Gasteiger partial charge in [0.2, 0.25) is 0 Å². The highest BCUT2D eigenvalue weighted by atomic mass is 16.1. The second-order valence-corrected chi connectivity index (χ2v) is 3.19. The molecular formula is C10H11N5O. The normalized spacial score (nSPS) is 10.1. The van der Waals surface area contributed by atoms with E-state index in [2.05, 4.69) is 15.4 Å². The second-order valence-electron chi connectivity index (χ2n) is 3.19. The van der Waals surface area contributed by atoms with Crippen molar-refractivity contribution >= 4 is 11.6 Å². The summed E-state index contributed by atoms with van der Waals surface area (Å²) in [6.07, 6.45) is 2.97. The summed E-state index contributed by atoms with van der Waals surface area (Å²) in [5.74, 6) is -0.170. The third-order valence-electron chi connectivity index (χ3n) is 2.18. The van der Waals surface area contributed by atoms with Crippen molar-refractivity contribution in [2.24, 2.45) is 0 Å². The molecule has 0 aliphatic rings. The van der Waals surface area contributed by atoms with Crippen LogP contribution in [-0.2, 0) is 0 Å². The molecule has 0 saturated carbocycles. The summed E-state index contributed by atoms with van der Waals surface area (Å²) in [5.41, 5.74) is 7.53. The van der Waals surface area contributed by atoms with Crippen molar-refractivity contribution in [2.45, 2.75) is 0 Å². The summed E-state index contributed by atoms with van der Waals surface area (Å²) < 4.78 is 1.54. The Bertz CT molecular complexity index is 506. The summed E-state index contributed by atoms with van der Waals surface area (Å²) in [5, 5.41) is 6.50. The van der Waals surface area contributed by atoms with E-state index in [0.29, 0.717) is 16.9 Å². The minimum absolute atomic E-state index is 0.170. The van der Waals surface area contributed by atoms with Gasteiger partial charge in [-0.1, -0.05) is 0 Å². The van der Waals surface area contributed by atoms with Gasteiger partial charge in [0.05, 0.1) is 11.4 Å². The number of anilines is 1. The maximum absolute atomic E-state index is 11.4. The van der Waals surface area contributed by atoms with Crippen molar-refractivity contribution in [1.82, 2.24) is 20.1 Å². The van der Waals surface area contributed by atoms with E-state index in [1.54, 1.807) is 36.3 Å². The molecule has 1 amide bonds. The maximum atomic E-state index is 11.4. The number of carbonyl (C=O) groups is 1. The lowest BCUT2D eigenvalue weighted by molar-refractivity contribution is 0.0963. The molecule has 0 spiro atoms. The number of benzene rings is 1. The zero-order valence-corrected chi connectivity index (χ0v) is 8.71. The van der Waals surface area contributed by atoms with E-state index < -0.39 is 0 Å². The van der Waals surface area contributed by atoms with Crippen LogP contribution < -0.4 is 11.1 Å². The topological polar surface area (TPSA) is 85.8 Å². The molecule has 16 heavy (non-hydrogen) atoms. The van der Waals surface area contributed by atoms with Gasteiger partial charge in [0.15, 0.2) is 0 Å². The van der Waals surface area contributed by atoms with Gasteiger partial charge in [0, 0.05) is 12.6 Å². The Kier molecular flexibility index (Phi) is 2.55. The lowest BCUT2D eigenvalue weighted by Crippen LogP contribution is -2.18. The Morgan fingerprint density at radius 2 is 2.31 bits per heavy atom. The van der Waals surface area contributed by atoms with Gasteiger partial charge in [-0.2, -0.15) is 5.10 Å². The van der Waals surface area contributed by atoms with Gasteiger partial charge in [0.25, 0.3) is 5.91 Å². The zero-order valence-electron chi connectivity index (χ0n) is 8.71. The third kappa shape index (κ3) is 1.72. The summed E-state index contributed by atoms with van der Waals surface area (Å²) in [6, 6.07) is 5.02. The van der Waals surface area contributed by atoms with E-state index in [1.165, 1.54) is 6.33 Å². The fourth-order valence-corrected chi connectivity index (χ4v) is 1.38. The van der Waals surface area contributed by atoms with Gasteiger partial charge in [-0.25, -0.2) is 9.67 Å². The van der Waals surface area contributed by atoms with Gasteiger partial charge in [-0.15, -0.1) is 0 Å². The van der Waals surface area contributed by atoms with E-state index in [0.717, 1.165) is 0 Å². The van der Waals surface area contributed by atoms with Crippen molar-refractivity contribution in [3.63, 3.8) is 0 Å². The van der Waals surface area contributed by atoms with Gasteiger partial charge in [0.1, 0.15) is 12.7 Å². The predicted octanol–water partition coefficient (Wildman–Crippen LogP) is 0.209. The highest BCUT2D eigenvalue weighted by molar-refractivity contribution is 5.95. The van der Waals surface area contributed by atoms with Crippen LogP contribution in [0.2, 0.25) is 0 Å². The number of amides is 1. The summed E-state index contributed by atoms with van der Waals surface area (Å²) in [6.45, 7) is 0. The number of aromatic nitrogens is 3. The highest BCUT2D eigenvalue weighted by Gasteiger charge is 2.07. The van der Waals surface area contributed by atoms with E-state index >= 15 is 0 Å². The smallest absolute Gasteiger partial charge is 0.251 e. The minimum atomic E-state index is -0.170. The fraction of sp³-hybridized carbons (Fsp3) is 0.100. The Balaban J connectivity index is 2.41. The minimum Gasteiger partial charge on any atom is -0.397 e. The molecule has 6 nitrogen and oxygen atoms in total. The van der Waals surface area contributed by atoms with Crippen LogP contribution in [0, 0.1) is 0 Å². The quantitative estimate of drug-likeness (QED) is 0.704. The molecule has 1 aromatic carbocycles. The number of nitrogens with zero attached hydrogens (tertiary/aromatic N) is 3. The number of hydrogen-bond donors (Lipinski definition) is 2. The Morgan fingerprint density at radius 1 is 1.50 bits per heavy atom. The number of nitrogens with two attached hydrogens (primary N) is 1. The standard InChI is InChI=1S/C10H11N5O/c1-12-10(16)7-2-3-9(8(11)4-7)15-6-13-5-14-15/h2-6H,11H2,1H3,(H,12,16). The first-order valence-corrected chi connectivity index (χ1v) is 4.69. The molecule has 82 valence electrons. The van der Waals surface area contributed by atoms with Crippen molar-refractivity contribution < 1.29 is 4.79 Å². The first-order valence-electron chi connectivity index (χ1n) is 4.69. The fourth-order valence-electron chi connectivity index (χ4n) is 1.38. The number of hydrogen-bond acceptors (Lipinski definition) is 4. The molecule has 0 atom stereocenters. The van der Waals surface area contributed by atoms with E-state index in [9.17, 15) is 4.79 Å². The summed E-state index contributed by atoms with van der Waals surface area (Å²) in [4.78, 5) is 15.2. The van der Waals surface area contributed by atoms with Gasteiger partial charge in [-0.3, -0.25) is 4.79 Å². The van der Waals surface area contributed by atoms with Crippen LogP contribution in [0.3, 0.4) is 0 Å². The molecule has 0 bridgehead atoms. The van der Waals surface area contributed by atoms with Crippen LogP contribution in [0.5, 0.6) is 0 Å². The first kappa shape index (κ1) is 10.2. The maximum Gasteiger partial charge on any atom is 0.251 e. The van der Waals surface area contributed by atoms with Crippen molar-refractivity contribution in [3.05, 3.63) is 36.4 Å². The van der Waals surface area contributed by atoms with Gasteiger partial charge < -0.3 is 11.1 Å². The molecule has 1 heterocycles. The molecule has 0 aliphatic heterocycles. The molecule has 0 saturated heterocycles. The molecule has 0 fully saturated rings. The molecule has 0 unspecified atom stereocenters.